The molecule has 2 saturated heterocycles. The van der Waals surface area contributed by atoms with Crippen molar-refractivity contribution in [2.75, 3.05) is 39.3 Å². The summed E-state index contributed by atoms with van der Waals surface area (Å²) in [6.07, 6.45) is 12.7. The number of rotatable bonds is 6. The van der Waals surface area contributed by atoms with E-state index in [-0.39, 0.29) is 6.04 Å². The highest BCUT2D eigenvalue weighted by Crippen LogP contribution is 2.28. The summed E-state index contributed by atoms with van der Waals surface area (Å²) in [4.78, 5) is 14.3. The lowest BCUT2D eigenvalue weighted by Gasteiger charge is -2.39. The lowest BCUT2D eigenvalue weighted by atomic mass is 9.93. The summed E-state index contributed by atoms with van der Waals surface area (Å²) in [6.45, 7) is 10.3. The van der Waals surface area contributed by atoms with Crippen molar-refractivity contribution < 1.29 is 4.42 Å². The molecule has 0 aromatic carbocycles. The van der Waals surface area contributed by atoms with Crippen LogP contribution in [0.15, 0.2) is 46.5 Å². The Morgan fingerprint density at radius 3 is 2.87 bits per heavy atom. The van der Waals surface area contributed by atoms with Crippen molar-refractivity contribution in [3.63, 3.8) is 0 Å². The molecule has 2 fully saturated rings. The van der Waals surface area contributed by atoms with Crippen LogP contribution in [-0.2, 0) is 0 Å². The lowest BCUT2D eigenvalue weighted by Crippen LogP contribution is -2.49. The maximum atomic E-state index is 5.81. The summed E-state index contributed by atoms with van der Waals surface area (Å²) in [7, 11) is 0. The Kier molecular flexibility index (Phi) is 7.10. The number of furan rings is 1. The van der Waals surface area contributed by atoms with Gasteiger partial charge in [0, 0.05) is 32.0 Å². The van der Waals surface area contributed by atoms with E-state index >= 15 is 0 Å². The maximum Gasteiger partial charge on any atom is 0.194 e. The molecule has 4 rings (SSSR count). The molecule has 1 N–H and O–H groups in total. The third kappa shape index (κ3) is 4.89. The monoisotopic (exact) mass is 412 g/mol. The fourth-order valence-electron chi connectivity index (χ4n) is 4.79. The number of hydrogen-bond acceptors (Lipinski definition) is 4. The largest absolute Gasteiger partial charge is 0.468 e. The van der Waals surface area contributed by atoms with Gasteiger partial charge in [-0.25, -0.2) is 4.98 Å². The van der Waals surface area contributed by atoms with E-state index in [1.54, 1.807) is 6.26 Å². The van der Waals surface area contributed by atoms with Crippen LogP contribution in [0.1, 0.15) is 57.4 Å². The zero-order chi connectivity index (χ0) is 20.8. The highest BCUT2D eigenvalue weighted by atomic mass is 16.3. The first-order valence-corrected chi connectivity index (χ1v) is 11.5. The van der Waals surface area contributed by atoms with Crippen molar-refractivity contribution in [2.45, 2.75) is 51.6 Å². The quantitative estimate of drug-likeness (QED) is 0.581. The van der Waals surface area contributed by atoms with Gasteiger partial charge in [-0.3, -0.25) is 9.89 Å². The normalized spacial score (nSPS) is 24.7. The molecule has 3 unspecified atom stereocenters. The van der Waals surface area contributed by atoms with Crippen molar-refractivity contribution in [1.82, 2.24) is 24.7 Å². The molecule has 4 heterocycles. The number of likely N-dealkylation sites (tertiary alicyclic amines) is 2. The molecule has 7 nitrogen and oxygen atoms in total. The second kappa shape index (κ2) is 10.2. The molecule has 0 aliphatic carbocycles. The number of piperidine rings is 2. The Labute approximate surface area is 180 Å². The van der Waals surface area contributed by atoms with Crippen molar-refractivity contribution in [1.29, 1.82) is 0 Å². The van der Waals surface area contributed by atoms with Crippen LogP contribution in [-0.4, -0.2) is 64.6 Å². The summed E-state index contributed by atoms with van der Waals surface area (Å²) in [5, 5.41) is 3.54. The van der Waals surface area contributed by atoms with E-state index < -0.39 is 0 Å². The van der Waals surface area contributed by atoms with Gasteiger partial charge in [-0.15, -0.1) is 0 Å². The second-order valence-electron chi connectivity index (χ2n) is 8.61. The molecule has 0 radical (unpaired) electrons. The van der Waals surface area contributed by atoms with E-state index in [1.165, 1.54) is 19.3 Å². The number of nitrogens with one attached hydrogen (secondary N) is 1. The van der Waals surface area contributed by atoms with E-state index in [4.69, 9.17) is 9.41 Å². The third-order valence-electron chi connectivity index (χ3n) is 6.58. The van der Waals surface area contributed by atoms with Crippen LogP contribution in [0, 0.1) is 5.92 Å². The van der Waals surface area contributed by atoms with Gasteiger partial charge in [-0.2, -0.15) is 0 Å². The van der Waals surface area contributed by atoms with Crippen LogP contribution in [0.5, 0.6) is 0 Å². The predicted octanol–water partition coefficient (Wildman–Crippen LogP) is 3.55. The van der Waals surface area contributed by atoms with E-state index in [9.17, 15) is 0 Å². The first kappa shape index (κ1) is 21.0. The van der Waals surface area contributed by atoms with Crippen LogP contribution < -0.4 is 5.32 Å². The molecule has 0 amide bonds. The Morgan fingerprint density at radius 1 is 1.30 bits per heavy atom. The second-order valence-corrected chi connectivity index (χ2v) is 8.61. The standard InChI is InChI=1S/C23H36N6O/c1-3-25-23(28-13-9-19(2)21(17-28)29-14-10-24-18-29)26-16-20(22-8-7-15-30-22)27-11-5-4-6-12-27/h7-8,10,14-15,18-21H,3-6,9,11-13,16-17H2,1-2H3,(H,25,26). The minimum absolute atomic E-state index is 0.210. The smallest absolute Gasteiger partial charge is 0.194 e. The van der Waals surface area contributed by atoms with Gasteiger partial charge in [-0.1, -0.05) is 13.3 Å². The summed E-state index contributed by atoms with van der Waals surface area (Å²) < 4.78 is 8.06. The summed E-state index contributed by atoms with van der Waals surface area (Å²) in [6, 6.07) is 4.72. The minimum atomic E-state index is 0.210. The molecule has 2 aliphatic rings. The van der Waals surface area contributed by atoms with Gasteiger partial charge in [-0.05, 0) is 57.3 Å². The maximum absolute atomic E-state index is 5.81. The number of nitrogens with zero attached hydrogens (tertiary/aromatic N) is 5. The summed E-state index contributed by atoms with van der Waals surface area (Å²) in [5.74, 6) is 2.67. The Morgan fingerprint density at radius 2 is 2.17 bits per heavy atom. The fourth-order valence-corrected chi connectivity index (χ4v) is 4.79. The zero-order valence-electron chi connectivity index (χ0n) is 18.4. The van der Waals surface area contributed by atoms with Gasteiger partial charge < -0.3 is 19.2 Å². The molecule has 30 heavy (non-hydrogen) atoms. The predicted molar refractivity (Wildman–Crippen MR) is 119 cm³/mol. The van der Waals surface area contributed by atoms with Gasteiger partial charge in [0.15, 0.2) is 5.96 Å². The topological polar surface area (TPSA) is 61.8 Å². The molecule has 0 bridgehead atoms. The molecular formula is C23H36N6O. The van der Waals surface area contributed by atoms with E-state index in [0.29, 0.717) is 12.0 Å². The van der Waals surface area contributed by atoms with Crippen LogP contribution in [0.25, 0.3) is 0 Å². The molecular weight excluding hydrogens is 376 g/mol. The molecule has 2 aromatic rings. The lowest BCUT2D eigenvalue weighted by molar-refractivity contribution is 0.149. The first-order valence-electron chi connectivity index (χ1n) is 11.5. The van der Waals surface area contributed by atoms with Gasteiger partial charge in [0.2, 0.25) is 0 Å². The highest BCUT2D eigenvalue weighted by molar-refractivity contribution is 5.80. The van der Waals surface area contributed by atoms with Crippen molar-refractivity contribution in [3.8, 4) is 0 Å². The van der Waals surface area contributed by atoms with Gasteiger partial charge in [0.05, 0.1) is 31.2 Å². The molecule has 3 atom stereocenters. The number of hydrogen-bond donors (Lipinski definition) is 1. The highest BCUT2D eigenvalue weighted by Gasteiger charge is 2.30. The van der Waals surface area contributed by atoms with Crippen molar-refractivity contribution >= 4 is 5.96 Å². The van der Waals surface area contributed by atoms with E-state index in [2.05, 4.69) is 50.8 Å². The third-order valence-corrected chi connectivity index (χ3v) is 6.58. The van der Waals surface area contributed by atoms with Crippen LogP contribution >= 0.6 is 0 Å². The van der Waals surface area contributed by atoms with Gasteiger partial charge in [0.1, 0.15) is 5.76 Å². The fraction of sp³-hybridized carbons (Fsp3) is 0.652. The number of aromatic nitrogens is 2. The molecule has 7 heteroatoms. The van der Waals surface area contributed by atoms with Crippen LogP contribution in [0.2, 0.25) is 0 Å². The first-order chi connectivity index (χ1) is 14.8. The Balaban J connectivity index is 1.50. The van der Waals surface area contributed by atoms with Crippen LogP contribution in [0.3, 0.4) is 0 Å². The summed E-state index contributed by atoms with van der Waals surface area (Å²) >= 11 is 0. The van der Waals surface area contributed by atoms with Gasteiger partial charge >= 0.3 is 0 Å². The molecule has 0 saturated carbocycles. The Hall–Kier alpha value is -2.28. The average molecular weight is 413 g/mol. The van der Waals surface area contributed by atoms with Crippen molar-refractivity contribution in [3.05, 3.63) is 42.9 Å². The number of imidazole rings is 1. The number of aliphatic imine (C=N–C) groups is 1. The van der Waals surface area contributed by atoms with E-state index in [1.807, 2.05) is 18.6 Å². The van der Waals surface area contributed by atoms with Crippen molar-refractivity contribution in [2.24, 2.45) is 10.9 Å². The molecule has 2 aromatic heterocycles. The number of guanidine groups is 1. The Bertz CT molecular complexity index is 766. The average Bonchev–Trinajstić information content (AvgIpc) is 3.49. The molecule has 0 spiro atoms. The molecule has 164 valence electrons. The summed E-state index contributed by atoms with van der Waals surface area (Å²) in [5.41, 5.74) is 0. The van der Waals surface area contributed by atoms with Crippen LogP contribution in [0.4, 0.5) is 0 Å². The SMILES string of the molecule is CCNC(=NCC(c1ccco1)N1CCCCC1)N1CCC(C)C(n2ccnc2)C1. The van der Waals surface area contributed by atoms with Gasteiger partial charge in [0.25, 0.3) is 0 Å². The minimum Gasteiger partial charge on any atom is -0.468 e. The molecule has 2 aliphatic heterocycles. The zero-order valence-corrected chi connectivity index (χ0v) is 18.4. The van der Waals surface area contributed by atoms with E-state index in [0.717, 1.165) is 57.4 Å².